The number of benzene rings is 1. The van der Waals surface area contributed by atoms with Gasteiger partial charge in [-0.15, -0.1) is 0 Å². The standard InChI is InChI=1S/C17H23N5OS/c1-22(17-20-13-4-2-3-5-15(13)24-17)10-16(23)19-12-7-6-11-9-18-21-14(11)8-12/h2-5,11-12,14,18,21H,6-10H2,1H3,(H,19,23). The number of thiazole rings is 1. The van der Waals surface area contributed by atoms with Crippen LogP contribution in [0.3, 0.4) is 0 Å². The highest BCUT2D eigenvalue weighted by atomic mass is 32.1. The minimum atomic E-state index is 0.0752. The average Bonchev–Trinajstić information content (AvgIpc) is 3.20. The van der Waals surface area contributed by atoms with Gasteiger partial charge in [0.05, 0.1) is 16.8 Å². The van der Waals surface area contributed by atoms with Crippen LogP contribution in [0.5, 0.6) is 0 Å². The third kappa shape index (κ3) is 3.24. The summed E-state index contributed by atoms with van der Waals surface area (Å²) in [6.45, 7) is 1.39. The maximum absolute atomic E-state index is 12.4. The first kappa shape index (κ1) is 15.8. The van der Waals surface area contributed by atoms with Crippen LogP contribution in [0.2, 0.25) is 0 Å². The number of aromatic nitrogens is 1. The number of carbonyl (C=O) groups is 1. The molecule has 0 bridgehead atoms. The lowest BCUT2D eigenvalue weighted by atomic mass is 9.83. The largest absolute Gasteiger partial charge is 0.352 e. The normalized spacial score (nSPS) is 26.3. The number of hydrazine groups is 1. The summed E-state index contributed by atoms with van der Waals surface area (Å²) < 4.78 is 1.15. The van der Waals surface area contributed by atoms with Crippen molar-refractivity contribution >= 4 is 32.6 Å². The predicted octanol–water partition coefficient (Wildman–Crippen LogP) is 1.49. The average molecular weight is 345 g/mol. The number of amides is 1. The minimum absolute atomic E-state index is 0.0752. The van der Waals surface area contributed by atoms with Crippen molar-refractivity contribution in [3.63, 3.8) is 0 Å². The Morgan fingerprint density at radius 3 is 3.17 bits per heavy atom. The van der Waals surface area contributed by atoms with Crippen molar-refractivity contribution in [2.75, 3.05) is 25.0 Å². The molecule has 2 fully saturated rings. The summed E-state index contributed by atoms with van der Waals surface area (Å²) in [6.07, 6.45) is 3.25. The van der Waals surface area contributed by atoms with E-state index in [1.807, 2.05) is 30.1 Å². The van der Waals surface area contributed by atoms with Crippen LogP contribution in [-0.4, -0.2) is 43.1 Å². The molecule has 2 aliphatic rings. The van der Waals surface area contributed by atoms with Crippen molar-refractivity contribution in [3.05, 3.63) is 24.3 Å². The summed E-state index contributed by atoms with van der Waals surface area (Å²) in [4.78, 5) is 18.9. The molecule has 1 aromatic carbocycles. The van der Waals surface area contributed by atoms with Gasteiger partial charge in [0, 0.05) is 25.7 Å². The third-order valence-corrected chi connectivity index (χ3v) is 6.15. The summed E-state index contributed by atoms with van der Waals surface area (Å²) in [5, 5.41) is 4.08. The highest BCUT2D eigenvalue weighted by molar-refractivity contribution is 7.22. The van der Waals surface area contributed by atoms with Crippen LogP contribution < -0.4 is 21.1 Å². The number of para-hydroxylation sites is 1. The number of nitrogens with zero attached hydrogens (tertiary/aromatic N) is 2. The van der Waals surface area contributed by atoms with Crippen molar-refractivity contribution in [1.82, 2.24) is 21.2 Å². The summed E-state index contributed by atoms with van der Waals surface area (Å²) in [5.74, 6) is 0.787. The van der Waals surface area contributed by atoms with E-state index in [4.69, 9.17) is 0 Å². The zero-order valence-corrected chi connectivity index (χ0v) is 14.6. The maximum Gasteiger partial charge on any atom is 0.239 e. The summed E-state index contributed by atoms with van der Waals surface area (Å²) in [5.41, 5.74) is 7.54. The molecule has 128 valence electrons. The Kier molecular flexibility index (Phi) is 4.39. The van der Waals surface area contributed by atoms with Gasteiger partial charge in [0.2, 0.25) is 5.91 Å². The number of rotatable bonds is 4. The van der Waals surface area contributed by atoms with Crippen LogP contribution in [0.15, 0.2) is 24.3 Å². The zero-order valence-electron chi connectivity index (χ0n) is 13.8. The van der Waals surface area contributed by atoms with Crippen LogP contribution in [0.1, 0.15) is 19.3 Å². The first-order valence-corrected chi connectivity index (χ1v) is 9.35. The van der Waals surface area contributed by atoms with Gasteiger partial charge in [-0.05, 0) is 37.3 Å². The number of carbonyl (C=O) groups excluding carboxylic acids is 1. The molecule has 3 N–H and O–H groups in total. The molecule has 1 aliphatic heterocycles. The molecule has 6 nitrogen and oxygen atoms in total. The molecular weight excluding hydrogens is 322 g/mol. The van der Waals surface area contributed by atoms with Gasteiger partial charge in [-0.3, -0.25) is 15.6 Å². The Balaban J connectivity index is 1.33. The fraction of sp³-hybridized carbons (Fsp3) is 0.529. The lowest BCUT2D eigenvalue weighted by Gasteiger charge is -2.31. The van der Waals surface area contributed by atoms with E-state index in [-0.39, 0.29) is 11.9 Å². The van der Waals surface area contributed by atoms with Crippen LogP contribution in [0.4, 0.5) is 5.13 Å². The minimum Gasteiger partial charge on any atom is -0.352 e. The first-order chi connectivity index (χ1) is 11.7. The van der Waals surface area contributed by atoms with Crippen molar-refractivity contribution in [2.24, 2.45) is 5.92 Å². The molecule has 0 spiro atoms. The van der Waals surface area contributed by atoms with Gasteiger partial charge in [0.15, 0.2) is 5.13 Å². The summed E-state index contributed by atoms with van der Waals surface area (Å²) in [7, 11) is 1.93. The zero-order chi connectivity index (χ0) is 16.5. The number of nitrogens with one attached hydrogen (secondary N) is 3. The second kappa shape index (κ2) is 6.66. The Morgan fingerprint density at radius 1 is 1.42 bits per heavy atom. The summed E-state index contributed by atoms with van der Waals surface area (Å²) in [6, 6.07) is 8.83. The van der Waals surface area contributed by atoms with Crippen molar-refractivity contribution < 1.29 is 4.79 Å². The van der Waals surface area contributed by atoms with Crippen molar-refractivity contribution in [1.29, 1.82) is 0 Å². The van der Waals surface area contributed by atoms with E-state index < -0.39 is 0 Å². The van der Waals surface area contributed by atoms with Crippen molar-refractivity contribution in [2.45, 2.75) is 31.3 Å². The SMILES string of the molecule is CN(CC(=O)NC1CCC2CNNC2C1)c1nc2ccccc2s1. The van der Waals surface area contributed by atoms with E-state index in [0.717, 1.165) is 34.7 Å². The van der Waals surface area contributed by atoms with E-state index in [1.54, 1.807) is 11.3 Å². The van der Waals surface area contributed by atoms with Crippen LogP contribution in [0, 0.1) is 5.92 Å². The molecule has 2 heterocycles. The Labute approximate surface area is 145 Å². The van der Waals surface area contributed by atoms with Crippen LogP contribution in [0.25, 0.3) is 10.2 Å². The van der Waals surface area contributed by atoms with Gasteiger partial charge in [-0.1, -0.05) is 23.5 Å². The van der Waals surface area contributed by atoms with Gasteiger partial charge in [0.25, 0.3) is 0 Å². The van der Waals surface area contributed by atoms with E-state index >= 15 is 0 Å². The molecule has 1 aliphatic carbocycles. The Bertz CT molecular complexity index is 700. The number of hydrogen-bond acceptors (Lipinski definition) is 6. The quantitative estimate of drug-likeness (QED) is 0.783. The molecule has 7 heteroatoms. The molecule has 0 radical (unpaired) electrons. The molecule has 1 amide bonds. The number of hydrogen-bond donors (Lipinski definition) is 3. The van der Waals surface area contributed by atoms with Gasteiger partial charge in [-0.2, -0.15) is 0 Å². The monoisotopic (exact) mass is 345 g/mol. The van der Waals surface area contributed by atoms with Crippen LogP contribution in [-0.2, 0) is 4.79 Å². The molecular formula is C17H23N5OS. The van der Waals surface area contributed by atoms with Gasteiger partial charge < -0.3 is 10.2 Å². The smallest absolute Gasteiger partial charge is 0.239 e. The number of likely N-dealkylation sites (N-methyl/N-ethyl adjacent to an activating group) is 1. The Morgan fingerprint density at radius 2 is 2.29 bits per heavy atom. The van der Waals surface area contributed by atoms with Gasteiger partial charge in [0.1, 0.15) is 0 Å². The molecule has 1 saturated heterocycles. The second-order valence-electron chi connectivity index (χ2n) is 6.79. The molecule has 2 aromatic rings. The highest BCUT2D eigenvalue weighted by Crippen LogP contribution is 2.28. The fourth-order valence-corrected chi connectivity index (χ4v) is 4.61. The number of fused-ring (bicyclic) bond motifs is 2. The van der Waals surface area contributed by atoms with E-state index in [2.05, 4.69) is 27.2 Å². The molecule has 1 saturated carbocycles. The Hall–Kier alpha value is -1.70. The first-order valence-electron chi connectivity index (χ1n) is 8.53. The predicted molar refractivity (Wildman–Crippen MR) is 97.1 cm³/mol. The molecule has 4 rings (SSSR count). The lowest BCUT2D eigenvalue weighted by molar-refractivity contribution is -0.120. The number of anilines is 1. The van der Waals surface area contributed by atoms with E-state index in [1.165, 1.54) is 6.42 Å². The van der Waals surface area contributed by atoms with Crippen molar-refractivity contribution in [3.8, 4) is 0 Å². The maximum atomic E-state index is 12.4. The fourth-order valence-electron chi connectivity index (χ4n) is 3.69. The van der Waals surface area contributed by atoms with Gasteiger partial charge in [-0.25, -0.2) is 4.98 Å². The van der Waals surface area contributed by atoms with E-state index in [0.29, 0.717) is 18.5 Å². The second-order valence-corrected chi connectivity index (χ2v) is 7.80. The molecule has 1 aromatic heterocycles. The van der Waals surface area contributed by atoms with Crippen LogP contribution >= 0.6 is 11.3 Å². The molecule has 3 atom stereocenters. The third-order valence-electron chi connectivity index (χ3n) is 5.00. The molecule has 24 heavy (non-hydrogen) atoms. The lowest BCUT2D eigenvalue weighted by Crippen LogP contribution is -2.47. The summed E-state index contributed by atoms with van der Waals surface area (Å²) >= 11 is 1.62. The molecule has 3 unspecified atom stereocenters. The van der Waals surface area contributed by atoms with E-state index in [9.17, 15) is 4.79 Å². The van der Waals surface area contributed by atoms with Gasteiger partial charge >= 0.3 is 0 Å². The highest BCUT2D eigenvalue weighted by Gasteiger charge is 2.34. The topological polar surface area (TPSA) is 69.3 Å².